The molecule has 0 aliphatic heterocycles. The molecule has 0 atom stereocenters. The molecule has 0 saturated carbocycles. The predicted molar refractivity (Wildman–Crippen MR) is 131 cm³/mol. The molecule has 0 unspecified atom stereocenters. The summed E-state index contributed by atoms with van der Waals surface area (Å²) in [5.41, 5.74) is 1.78. The Bertz CT molecular complexity index is 1410. The third-order valence-corrected chi connectivity index (χ3v) is 6.07. The van der Waals surface area contributed by atoms with Gasteiger partial charge in [0.2, 0.25) is 11.8 Å². The van der Waals surface area contributed by atoms with Gasteiger partial charge in [-0.3, -0.25) is 19.2 Å². The molecular weight excluding hydrogens is 468 g/mol. The number of carboxylic acids is 1. The molecule has 0 spiro atoms. The van der Waals surface area contributed by atoms with Crippen molar-refractivity contribution in [1.29, 1.82) is 0 Å². The van der Waals surface area contributed by atoms with Crippen molar-refractivity contribution in [3.05, 3.63) is 101 Å². The van der Waals surface area contributed by atoms with E-state index in [9.17, 15) is 24.0 Å². The highest BCUT2D eigenvalue weighted by molar-refractivity contribution is 8.00. The molecule has 3 N–H and O–H groups in total. The van der Waals surface area contributed by atoms with E-state index in [1.165, 1.54) is 11.8 Å². The van der Waals surface area contributed by atoms with Gasteiger partial charge in [-0.25, -0.2) is 4.79 Å². The monoisotopic (exact) mass is 486 g/mol. The summed E-state index contributed by atoms with van der Waals surface area (Å²) in [4.78, 5) is 61.5. The highest BCUT2D eigenvalue weighted by atomic mass is 32.2. The van der Waals surface area contributed by atoms with E-state index in [-0.39, 0.29) is 40.0 Å². The van der Waals surface area contributed by atoms with Crippen molar-refractivity contribution in [3.63, 3.8) is 0 Å². The Morgan fingerprint density at radius 1 is 0.800 bits per heavy atom. The van der Waals surface area contributed by atoms with Crippen LogP contribution in [0.2, 0.25) is 0 Å². The third kappa shape index (κ3) is 5.36. The Morgan fingerprint density at radius 3 is 2.23 bits per heavy atom. The summed E-state index contributed by atoms with van der Waals surface area (Å²) in [7, 11) is 0. The third-order valence-electron chi connectivity index (χ3n) is 5.08. The fourth-order valence-corrected chi connectivity index (χ4v) is 4.33. The highest BCUT2D eigenvalue weighted by Crippen LogP contribution is 2.32. The number of nitrogens with one attached hydrogen (secondary N) is 2. The molecule has 0 fully saturated rings. The van der Waals surface area contributed by atoms with Gasteiger partial charge < -0.3 is 15.7 Å². The van der Waals surface area contributed by atoms with E-state index in [0.717, 1.165) is 12.2 Å². The average Bonchev–Trinajstić information content (AvgIpc) is 2.85. The lowest BCUT2D eigenvalue weighted by Crippen LogP contribution is -2.24. The molecule has 35 heavy (non-hydrogen) atoms. The van der Waals surface area contributed by atoms with Crippen LogP contribution in [0.25, 0.3) is 0 Å². The maximum absolute atomic E-state index is 13.1. The van der Waals surface area contributed by atoms with Gasteiger partial charge in [0.05, 0.1) is 17.0 Å². The van der Waals surface area contributed by atoms with E-state index < -0.39 is 11.9 Å². The van der Waals surface area contributed by atoms with Gasteiger partial charge in [-0.15, -0.1) is 11.8 Å². The average molecular weight is 487 g/mol. The number of carboxylic acid groups (broad SMARTS) is 1. The molecule has 2 amide bonds. The molecule has 0 heterocycles. The number of rotatable bonds is 7. The van der Waals surface area contributed by atoms with Gasteiger partial charge >= 0.3 is 5.97 Å². The summed E-state index contributed by atoms with van der Waals surface area (Å²) in [6.45, 7) is 0. The van der Waals surface area contributed by atoms with Gasteiger partial charge in [0.1, 0.15) is 0 Å². The summed E-state index contributed by atoms with van der Waals surface area (Å²) in [6, 6.07) is 18.1. The molecule has 3 aromatic carbocycles. The molecule has 8 nitrogen and oxygen atoms in total. The zero-order valence-electron chi connectivity index (χ0n) is 18.1. The second-order valence-corrected chi connectivity index (χ2v) is 8.51. The van der Waals surface area contributed by atoms with Crippen LogP contribution < -0.4 is 10.6 Å². The van der Waals surface area contributed by atoms with Crippen molar-refractivity contribution in [3.8, 4) is 0 Å². The Kier molecular flexibility index (Phi) is 6.88. The Labute approximate surface area is 204 Å². The molecule has 9 heteroatoms. The Balaban J connectivity index is 1.44. The number of aliphatic carboxylic acids is 1. The Morgan fingerprint density at radius 2 is 1.49 bits per heavy atom. The van der Waals surface area contributed by atoms with E-state index >= 15 is 0 Å². The fourth-order valence-electron chi connectivity index (χ4n) is 3.58. The van der Waals surface area contributed by atoms with E-state index in [4.69, 9.17) is 5.11 Å². The number of carbonyl (C=O) groups excluding carboxylic acids is 4. The van der Waals surface area contributed by atoms with Crippen LogP contribution in [0.4, 0.5) is 11.4 Å². The second-order valence-electron chi connectivity index (χ2n) is 7.46. The number of hydrogen-bond donors (Lipinski definition) is 3. The Hall–Kier alpha value is -4.50. The first-order valence-corrected chi connectivity index (χ1v) is 11.4. The van der Waals surface area contributed by atoms with Crippen LogP contribution in [-0.4, -0.2) is 40.2 Å². The molecule has 0 aromatic heterocycles. The van der Waals surface area contributed by atoms with Gasteiger partial charge in [0, 0.05) is 39.4 Å². The molecular formula is C26H18N2O6S. The summed E-state index contributed by atoms with van der Waals surface area (Å²) >= 11 is 1.21. The van der Waals surface area contributed by atoms with Crippen molar-refractivity contribution in [2.24, 2.45) is 0 Å². The van der Waals surface area contributed by atoms with Gasteiger partial charge in [0.15, 0.2) is 11.6 Å². The predicted octanol–water partition coefficient (Wildman–Crippen LogP) is 3.77. The van der Waals surface area contributed by atoms with Crippen molar-refractivity contribution >= 4 is 52.5 Å². The van der Waals surface area contributed by atoms with Crippen LogP contribution in [0, 0.1) is 0 Å². The van der Waals surface area contributed by atoms with E-state index in [2.05, 4.69) is 10.6 Å². The topological polar surface area (TPSA) is 130 Å². The quantitative estimate of drug-likeness (QED) is 0.268. The zero-order chi connectivity index (χ0) is 24.9. The molecule has 0 radical (unpaired) electrons. The normalized spacial score (nSPS) is 12.1. The standard InChI is InChI=1S/C26H18N2O6S/c29-21(11-12-23(31)32)27-15-5-3-6-16(13-15)35-14-22(30)28-20-10-4-9-19-24(20)26(34)18-8-2-1-7-17(18)25(19)33/h1-13H,14H2,(H,27,29)(H,28,30)(H,31,32)/b12-11+. The number of hydrogen-bond acceptors (Lipinski definition) is 6. The van der Waals surface area contributed by atoms with E-state index in [1.54, 1.807) is 66.7 Å². The lowest BCUT2D eigenvalue weighted by atomic mass is 9.83. The van der Waals surface area contributed by atoms with Crippen molar-refractivity contribution in [2.45, 2.75) is 4.90 Å². The molecule has 1 aliphatic carbocycles. The molecule has 174 valence electrons. The van der Waals surface area contributed by atoms with Crippen molar-refractivity contribution in [2.75, 3.05) is 16.4 Å². The van der Waals surface area contributed by atoms with E-state index in [1.807, 2.05) is 0 Å². The number of ketones is 2. The summed E-state index contributed by atoms with van der Waals surface area (Å²) in [5, 5.41) is 13.9. The van der Waals surface area contributed by atoms with E-state index in [0.29, 0.717) is 21.7 Å². The van der Waals surface area contributed by atoms with Gasteiger partial charge in [-0.1, -0.05) is 42.5 Å². The fraction of sp³-hybridized carbons (Fsp3) is 0.0385. The molecule has 1 aliphatic rings. The van der Waals surface area contributed by atoms with Crippen LogP contribution in [0.1, 0.15) is 31.8 Å². The number of fused-ring (bicyclic) bond motifs is 2. The molecule has 3 aromatic rings. The van der Waals surface area contributed by atoms with Crippen LogP contribution in [-0.2, 0) is 14.4 Å². The number of anilines is 2. The summed E-state index contributed by atoms with van der Waals surface area (Å²) < 4.78 is 0. The van der Waals surface area contributed by atoms with Gasteiger partial charge in [0.25, 0.3) is 0 Å². The van der Waals surface area contributed by atoms with Crippen LogP contribution in [0.15, 0.2) is 83.8 Å². The SMILES string of the molecule is O=C(O)/C=C/C(=O)Nc1cccc(SCC(=O)Nc2cccc3c2C(=O)c2ccccc2C3=O)c1. The minimum atomic E-state index is -1.23. The summed E-state index contributed by atoms with van der Waals surface area (Å²) in [5.74, 6) is -2.77. The first-order valence-electron chi connectivity index (χ1n) is 10.4. The minimum Gasteiger partial charge on any atom is -0.478 e. The lowest BCUT2D eigenvalue weighted by Gasteiger charge is -2.20. The first kappa shape index (κ1) is 23.7. The highest BCUT2D eigenvalue weighted by Gasteiger charge is 2.31. The number of benzene rings is 3. The number of carbonyl (C=O) groups is 5. The minimum absolute atomic E-state index is 0.0126. The smallest absolute Gasteiger partial charge is 0.328 e. The van der Waals surface area contributed by atoms with Crippen LogP contribution >= 0.6 is 11.8 Å². The zero-order valence-corrected chi connectivity index (χ0v) is 18.9. The lowest BCUT2D eigenvalue weighted by molar-refractivity contribution is -0.131. The number of amides is 2. The van der Waals surface area contributed by atoms with Gasteiger partial charge in [-0.05, 0) is 24.3 Å². The maximum Gasteiger partial charge on any atom is 0.328 e. The van der Waals surface area contributed by atoms with Crippen LogP contribution in [0.3, 0.4) is 0 Å². The molecule has 4 rings (SSSR count). The van der Waals surface area contributed by atoms with Crippen molar-refractivity contribution in [1.82, 2.24) is 0 Å². The second kappa shape index (κ2) is 10.2. The maximum atomic E-state index is 13.1. The first-order chi connectivity index (χ1) is 16.8. The summed E-state index contributed by atoms with van der Waals surface area (Å²) in [6.07, 6.45) is 1.64. The molecule has 0 saturated heterocycles. The number of thioether (sulfide) groups is 1. The van der Waals surface area contributed by atoms with Crippen LogP contribution in [0.5, 0.6) is 0 Å². The van der Waals surface area contributed by atoms with Gasteiger partial charge in [-0.2, -0.15) is 0 Å². The van der Waals surface area contributed by atoms with Crippen molar-refractivity contribution < 1.29 is 29.1 Å². The largest absolute Gasteiger partial charge is 0.478 e. The molecule has 0 bridgehead atoms.